The number of hydrogen-bond acceptors (Lipinski definition) is 6. The molecule has 1 fully saturated rings. The van der Waals surface area contributed by atoms with Gasteiger partial charge >= 0.3 is 6.09 Å². The van der Waals surface area contributed by atoms with E-state index in [1.165, 1.54) is 11.0 Å². The number of ether oxygens (including phenoxy) is 2. The second kappa shape index (κ2) is 8.14. The lowest BCUT2D eigenvalue weighted by Gasteiger charge is -2.19. The molecule has 162 valence electrons. The summed E-state index contributed by atoms with van der Waals surface area (Å²) in [5.41, 5.74) is 1.94. The zero-order valence-corrected chi connectivity index (χ0v) is 16.9. The molecule has 2 aromatic rings. The van der Waals surface area contributed by atoms with Crippen LogP contribution in [0, 0.1) is 11.7 Å². The van der Waals surface area contributed by atoms with Gasteiger partial charge in [0.05, 0.1) is 6.54 Å². The predicted molar refractivity (Wildman–Crippen MR) is 111 cm³/mol. The third-order valence-electron chi connectivity index (χ3n) is 5.90. The van der Waals surface area contributed by atoms with Crippen LogP contribution < -0.4 is 20.3 Å². The van der Waals surface area contributed by atoms with Crippen molar-refractivity contribution in [3.63, 3.8) is 0 Å². The van der Waals surface area contributed by atoms with Crippen molar-refractivity contribution in [2.45, 2.75) is 25.4 Å². The predicted octanol–water partition coefficient (Wildman–Crippen LogP) is 2.27. The normalized spacial score (nSPS) is 21.9. The number of aromatic nitrogens is 1. The maximum atomic E-state index is 13.9. The molecule has 0 saturated carbocycles. The van der Waals surface area contributed by atoms with Crippen molar-refractivity contribution in [2.24, 2.45) is 5.92 Å². The van der Waals surface area contributed by atoms with E-state index >= 15 is 0 Å². The SMILES string of the molecule is O=C1COc2ccc(N3CC(CCNCC4Cc5cccc(F)c5C4)OC3=O)nc2N1. The van der Waals surface area contributed by atoms with Crippen LogP contribution in [-0.2, 0) is 22.4 Å². The Bertz CT molecular complexity index is 1030. The number of amides is 2. The van der Waals surface area contributed by atoms with Gasteiger partial charge in [-0.05, 0) is 67.6 Å². The van der Waals surface area contributed by atoms with Crippen molar-refractivity contribution >= 4 is 23.6 Å². The van der Waals surface area contributed by atoms with Crippen LogP contribution in [0.5, 0.6) is 5.75 Å². The van der Waals surface area contributed by atoms with E-state index in [9.17, 15) is 14.0 Å². The average molecular weight is 426 g/mol. The molecule has 2 atom stereocenters. The third kappa shape index (κ3) is 4.05. The molecule has 2 unspecified atom stereocenters. The Balaban J connectivity index is 1.10. The minimum Gasteiger partial charge on any atom is -0.480 e. The number of fused-ring (bicyclic) bond motifs is 2. The summed E-state index contributed by atoms with van der Waals surface area (Å²) in [6, 6.07) is 8.64. The minimum absolute atomic E-state index is 0.0449. The van der Waals surface area contributed by atoms with Crippen LogP contribution in [0.25, 0.3) is 0 Å². The van der Waals surface area contributed by atoms with Crippen LogP contribution in [0.15, 0.2) is 30.3 Å². The topological polar surface area (TPSA) is 92.8 Å². The first-order valence-corrected chi connectivity index (χ1v) is 10.5. The highest BCUT2D eigenvalue weighted by Gasteiger charge is 2.34. The molecule has 3 heterocycles. The van der Waals surface area contributed by atoms with Crippen molar-refractivity contribution in [1.82, 2.24) is 10.3 Å². The smallest absolute Gasteiger partial charge is 0.415 e. The quantitative estimate of drug-likeness (QED) is 0.689. The van der Waals surface area contributed by atoms with Crippen LogP contribution in [0.1, 0.15) is 17.5 Å². The molecule has 1 saturated heterocycles. The summed E-state index contributed by atoms with van der Waals surface area (Å²) in [6.45, 7) is 1.84. The number of cyclic esters (lactones) is 1. The Morgan fingerprint density at radius 2 is 2.13 bits per heavy atom. The minimum atomic E-state index is -0.456. The molecule has 2 amide bonds. The number of carbonyl (C=O) groups excluding carboxylic acids is 2. The molecule has 1 aliphatic carbocycles. The molecule has 8 nitrogen and oxygen atoms in total. The van der Waals surface area contributed by atoms with Gasteiger partial charge in [0.1, 0.15) is 17.7 Å². The van der Waals surface area contributed by atoms with E-state index in [4.69, 9.17) is 9.47 Å². The maximum absolute atomic E-state index is 13.9. The summed E-state index contributed by atoms with van der Waals surface area (Å²) in [6.07, 6.45) is 1.60. The lowest BCUT2D eigenvalue weighted by Crippen LogP contribution is -2.30. The molecule has 0 radical (unpaired) electrons. The number of nitrogens with one attached hydrogen (secondary N) is 2. The van der Waals surface area contributed by atoms with Gasteiger partial charge in [0.2, 0.25) is 0 Å². The molecule has 5 rings (SSSR count). The third-order valence-corrected chi connectivity index (χ3v) is 5.90. The summed E-state index contributed by atoms with van der Waals surface area (Å²) in [5.74, 6) is 1.19. The highest BCUT2D eigenvalue weighted by atomic mass is 19.1. The lowest BCUT2D eigenvalue weighted by atomic mass is 10.1. The van der Waals surface area contributed by atoms with Gasteiger partial charge in [0, 0.05) is 0 Å². The Kier molecular flexibility index (Phi) is 5.19. The zero-order chi connectivity index (χ0) is 21.4. The molecule has 1 aromatic heterocycles. The van der Waals surface area contributed by atoms with E-state index in [1.807, 2.05) is 6.07 Å². The summed E-state index contributed by atoms with van der Waals surface area (Å²) < 4.78 is 24.6. The molecule has 3 aliphatic rings. The van der Waals surface area contributed by atoms with E-state index in [0.717, 1.165) is 30.5 Å². The van der Waals surface area contributed by atoms with Gasteiger partial charge < -0.3 is 20.1 Å². The molecule has 0 bridgehead atoms. The number of anilines is 2. The van der Waals surface area contributed by atoms with E-state index in [1.54, 1.807) is 18.2 Å². The van der Waals surface area contributed by atoms with Gasteiger partial charge in [-0.15, -0.1) is 0 Å². The zero-order valence-electron chi connectivity index (χ0n) is 16.9. The molecule has 0 spiro atoms. The molecular weight excluding hydrogens is 403 g/mol. The first-order chi connectivity index (χ1) is 15.1. The van der Waals surface area contributed by atoms with Crippen LogP contribution >= 0.6 is 0 Å². The standard InChI is InChI=1S/C22H23FN4O4/c23-17-3-1-2-14-8-13(9-16(14)17)10-24-7-6-15-11-27(22(29)31-15)19-5-4-18-21(25-19)26-20(28)12-30-18/h1-5,13,15,24H,6-12H2,(H,25,26,28). The lowest BCUT2D eigenvalue weighted by molar-refractivity contribution is -0.118. The van der Waals surface area contributed by atoms with Crippen molar-refractivity contribution in [3.05, 3.63) is 47.3 Å². The van der Waals surface area contributed by atoms with E-state index in [2.05, 4.69) is 15.6 Å². The maximum Gasteiger partial charge on any atom is 0.415 e. The Hall–Kier alpha value is -3.20. The highest BCUT2D eigenvalue weighted by molar-refractivity contribution is 5.95. The summed E-state index contributed by atoms with van der Waals surface area (Å²) in [4.78, 5) is 29.6. The largest absolute Gasteiger partial charge is 0.480 e. The molecule has 31 heavy (non-hydrogen) atoms. The number of pyridine rings is 1. The van der Waals surface area contributed by atoms with Crippen molar-refractivity contribution < 1.29 is 23.5 Å². The Labute approximate surface area is 178 Å². The average Bonchev–Trinajstić information content (AvgIpc) is 3.34. The van der Waals surface area contributed by atoms with Gasteiger partial charge in [-0.3, -0.25) is 9.69 Å². The number of benzene rings is 1. The Morgan fingerprint density at radius 1 is 1.23 bits per heavy atom. The van der Waals surface area contributed by atoms with Crippen LogP contribution in [0.3, 0.4) is 0 Å². The Morgan fingerprint density at radius 3 is 3.00 bits per heavy atom. The monoisotopic (exact) mass is 426 g/mol. The highest BCUT2D eigenvalue weighted by Crippen LogP contribution is 2.31. The molecular formula is C22H23FN4O4. The number of hydrogen-bond donors (Lipinski definition) is 2. The molecule has 2 aliphatic heterocycles. The van der Waals surface area contributed by atoms with Gasteiger partial charge in [0.25, 0.3) is 5.91 Å². The van der Waals surface area contributed by atoms with Crippen molar-refractivity contribution in [3.8, 4) is 5.75 Å². The van der Waals surface area contributed by atoms with Crippen LogP contribution in [0.2, 0.25) is 0 Å². The van der Waals surface area contributed by atoms with Gasteiger partial charge in [-0.25, -0.2) is 14.2 Å². The first-order valence-electron chi connectivity index (χ1n) is 10.5. The number of nitrogens with zero attached hydrogens (tertiary/aromatic N) is 2. The summed E-state index contributed by atoms with van der Waals surface area (Å²) in [5, 5.41) is 6.05. The molecule has 1 aromatic carbocycles. The fourth-order valence-electron chi connectivity index (χ4n) is 4.37. The number of halogens is 1. The summed E-state index contributed by atoms with van der Waals surface area (Å²) in [7, 11) is 0. The summed E-state index contributed by atoms with van der Waals surface area (Å²) >= 11 is 0. The molecule has 9 heteroatoms. The van der Waals surface area contributed by atoms with Crippen LogP contribution in [-0.4, -0.2) is 49.3 Å². The van der Waals surface area contributed by atoms with E-state index < -0.39 is 6.09 Å². The number of rotatable bonds is 6. The van der Waals surface area contributed by atoms with Gasteiger partial charge in [-0.1, -0.05) is 12.1 Å². The van der Waals surface area contributed by atoms with E-state index in [-0.39, 0.29) is 24.4 Å². The molecule has 2 N–H and O–H groups in total. The van der Waals surface area contributed by atoms with Crippen LogP contribution in [0.4, 0.5) is 20.8 Å². The van der Waals surface area contributed by atoms with Crippen molar-refractivity contribution in [1.29, 1.82) is 0 Å². The van der Waals surface area contributed by atoms with Crippen molar-refractivity contribution in [2.75, 3.05) is 36.5 Å². The van der Waals surface area contributed by atoms with Gasteiger partial charge in [-0.2, -0.15) is 0 Å². The van der Waals surface area contributed by atoms with E-state index in [0.29, 0.717) is 42.8 Å². The van der Waals surface area contributed by atoms with Gasteiger partial charge in [0.15, 0.2) is 18.2 Å². The fraction of sp³-hybridized carbons (Fsp3) is 0.409. The second-order valence-corrected chi connectivity index (χ2v) is 8.11. The fourth-order valence-corrected chi connectivity index (χ4v) is 4.37. The number of carbonyl (C=O) groups is 2. The first kappa shape index (κ1) is 19.7. The second-order valence-electron chi connectivity index (χ2n) is 8.11.